The van der Waals surface area contributed by atoms with Crippen LogP contribution in [0.5, 0.6) is 0 Å². The molecule has 0 bridgehead atoms. The molecule has 1 aliphatic rings. The standard InChI is InChI=1S/C18H23F3N4OS/c1-11-7-14(12(2)25(11)10-18(19,20)21)15(26)9-27-17-22-16(23-24-17)8-13-5-3-4-6-13/h7,13H,3-6,8-10H2,1-2H3,(H,22,23,24). The van der Waals surface area contributed by atoms with Gasteiger partial charge in [-0.05, 0) is 25.8 Å². The highest BCUT2D eigenvalue weighted by molar-refractivity contribution is 7.99. The molecule has 0 saturated heterocycles. The summed E-state index contributed by atoms with van der Waals surface area (Å²) in [4.78, 5) is 16.9. The fourth-order valence-electron chi connectivity index (χ4n) is 3.64. The first kappa shape index (κ1) is 20.0. The predicted molar refractivity (Wildman–Crippen MR) is 97.1 cm³/mol. The number of alkyl halides is 3. The number of aromatic amines is 1. The van der Waals surface area contributed by atoms with Crippen molar-refractivity contribution in [1.29, 1.82) is 0 Å². The molecule has 0 atom stereocenters. The maximum absolute atomic E-state index is 12.7. The smallest absolute Gasteiger partial charge is 0.339 e. The van der Waals surface area contributed by atoms with E-state index in [1.807, 2.05) is 0 Å². The van der Waals surface area contributed by atoms with Gasteiger partial charge in [0.1, 0.15) is 12.4 Å². The van der Waals surface area contributed by atoms with E-state index in [1.54, 1.807) is 13.8 Å². The largest absolute Gasteiger partial charge is 0.406 e. The van der Waals surface area contributed by atoms with Gasteiger partial charge < -0.3 is 4.57 Å². The molecule has 0 spiro atoms. The number of hydrogen-bond donors (Lipinski definition) is 1. The molecule has 1 fully saturated rings. The number of nitrogens with one attached hydrogen (secondary N) is 1. The molecule has 1 N–H and O–H groups in total. The van der Waals surface area contributed by atoms with Gasteiger partial charge in [-0.15, -0.1) is 5.10 Å². The fraction of sp³-hybridized carbons (Fsp3) is 0.611. The Morgan fingerprint density at radius 3 is 2.70 bits per heavy atom. The number of carbonyl (C=O) groups is 1. The summed E-state index contributed by atoms with van der Waals surface area (Å²) in [6, 6.07) is 1.52. The highest BCUT2D eigenvalue weighted by atomic mass is 32.2. The minimum Gasteiger partial charge on any atom is -0.339 e. The van der Waals surface area contributed by atoms with Gasteiger partial charge in [0.05, 0.1) is 5.75 Å². The minimum atomic E-state index is -4.32. The average Bonchev–Trinajstić information content (AvgIpc) is 3.30. The van der Waals surface area contributed by atoms with Crippen LogP contribution in [0.2, 0.25) is 0 Å². The van der Waals surface area contributed by atoms with Crippen LogP contribution in [0, 0.1) is 19.8 Å². The van der Waals surface area contributed by atoms with Crippen molar-refractivity contribution in [3.05, 3.63) is 28.8 Å². The number of H-pyrrole nitrogens is 1. The number of aryl methyl sites for hydroxylation is 1. The summed E-state index contributed by atoms with van der Waals surface area (Å²) in [6.07, 6.45) is 1.52. The first-order valence-electron chi connectivity index (χ1n) is 9.03. The quantitative estimate of drug-likeness (QED) is 0.549. The van der Waals surface area contributed by atoms with E-state index in [4.69, 9.17) is 0 Å². The average molecular weight is 400 g/mol. The Balaban J connectivity index is 1.59. The molecule has 1 aliphatic carbocycles. The van der Waals surface area contributed by atoms with Gasteiger partial charge in [-0.1, -0.05) is 37.4 Å². The molecular weight excluding hydrogens is 377 g/mol. The third-order valence-corrected chi connectivity index (χ3v) is 5.86. The summed E-state index contributed by atoms with van der Waals surface area (Å²) in [7, 11) is 0. The number of halogens is 3. The Morgan fingerprint density at radius 2 is 2.04 bits per heavy atom. The summed E-state index contributed by atoms with van der Waals surface area (Å²) >= 11 is 1.20. The SMILES string of the molecule is Cc1cc(C(=O)CSc2n[nH]c(CC3CCCC3)n2)c(C)n1CC(F)(F)F. The molecule has 2 aromatic rings. The molecular formula is C18H23F3N4OS. The summed E-state index contributed by atoms with van der Waals surface area (Å²) in [5, 5.41) is 7.56. The van der Waals surface area contributed by atoms with E-state index in [2.05, 4.69) is 15.2 Å². The van der Waals surface area contributed by atoms with Crippen molar-refractivity contribution in [2.24, 2.45) is 5.92 Å². The van der Waals surface area contributed by atoms with Gasteiger partial charge in [0, 0.05) is 23.4 Å². The van der Waals surface area contributed by atoms with Crippen LogP contribution in [-0.2, 0) is 13.0 Å². The molecule has 27 heavy (non-hydrogen) atoms. The van der Waals surface area contributed by atoms with Crippen LogP contribution in [0.3, 0.4) is 0 Å². The Morgan fingerprint density at radius 1 is 1.33 bits per heavy atom. The summed E-state index contributed by atoms with van der Waals surface area (Å²) in [5.41, 5.74) is 1.09. The molecule has 5 nitrogen and oxygen atoms in total. The third kappa shape index (κ3) is 5.15. The monoisotopic (exact) mass is 400 g/mol. The molecule has 148 valence electrons. The Kier molecular flexibility index (Phi) is 5.98. The number of rotatable bonds is 7. The van der Waals surface area contributed by atoms with Crippen molar-refractivity contribution in [1.82, 2.24) is 19.7 Å². The highest BCUT2D eigenvalue weighted by Gasteiger charge is 2.30. The zero-order chi connectivity index (χ0) is 19.6. The Hall–Kier alpha value is -1.77. The van der Waals surface area contributed by atoms with Gasteiger partial charge in [-0.3, -0.25) is 9.89 Å². The second-order valence-corrected chi connectivity index (χ2v) is 8.06. The van der Waals surface area contributed by atoms with Crippen molar-refractivity contribution >= 4 is 17.5 Å². The van der Waals surface area contributed by atoms with Gasteiger partial charge >= 0.3 is 6.18 Å². The summed E-state index contributed by atoms with van der Waals surface area (Å²) in [6.45, 7) is 2.03. The van der Waals surface area contributed by atoms with Gasteiger partial charge in [-0.25, -0.2) is 4.98 Å². The van der Waals surface area contributed by atoms with Crippen LogP contribution in [0.25, 0.3) is 0 Å². The lowest BCUT2D eigenvalue weighted by atomic mass is 10.0. The van der Waals surface area contributed by atoms with Crippen molar-refractivity contribution in [2.75, 3.05) is 5.75 Å². The second kappa shape index (κ2) is 8.08. The Bertz CT molecular complexity index is 806. The molecule has 0 unspecified atom stereocenters. The maximum Gasteiger partial charge on any atom is 0.406 e. The van der Waals surface area contributed by atoms with E-state index >= 15 is 0 Å². The number of hydrogen-bond acceptors (Lipinski definition) is 4. The van der Waals surface area contributed by atoms with Gasteiger partial charge in [0.2, 0.25) is 5.16 Å². The van der Waals surface area contributed by atoms with Crippen LogP contribution < -0.4 is 0 Å². The molecule has 2 heterocycles. The van der Waals surface area contributed by atoms with E-state index in [1.165, 1.54) is 43.5 Å². The van der Waals surface area contributed by atoms with E-state index in [-0.39, 0.29) is 11.5 Å². The van der Waals surface area contributed by atoms with Crippen LogP contribution in [0.15, 0.2) is 11.2 Å². The fourth-order valence-corrected chi connectivity index (χ4v) is 4.34. The minimum absolute atomic E-state index is 0.0943. The second-order valence-electron chi connectivity index (χ2n) is 7.12. The first-order chi connectivity index (χ1) is 12.7. The zero-order valence-corrected chi connectivity index (χ0v) is 16.2. The van der Waals surface area contributed by atoms with Crippen molar-refractivity contribution in [2.45, 2.75) is 63.8 Å². The number of Topliss-reactive ketones (excluding diaryl/α,β-unsaturated/α-hetero) is 1. The third-order valence-electron chi connectivity index (χ3n) is 5.01. The van der Waals surface area contributed by atoms with Crippen LogP contribution in [-0.4, -0.2) is 37.5 Å². The van der Waals surface area contributed by atoms with E-state index in [9.17, 15) is 18.0 Å². The van der Waals surface area contributed by atoms with Gasteiger partial charge in [0.15, 0.2) is 5.78 Å². The maximum atomic E-state index is 12.7. The molecule has 3 rings (SSSR count). The molecule has 0 aromatic carbocycles. The predicted octanol–water partition coefficient (Wildman–Crippen LogP) is 4.49. The van der Waals surface area contributed by atoms with Crippen LogP contribution in [0.1, 0.15) is 53.3 Å². The van der Waals surface area contributed by atoms with Gasteiger partial charge in [0.25, 0.3) is 0 Å². The van der Waals surface area contributed by atoms with Crippen molar-refractivity contribution in [3.63, 3.8) is 0 Å². The summed E-state index contributed by atoms with van der Waals surface area (Å²) < 4.78 is 39.2. The summed E-state index contributed by atoms with van der Waals surface area (Å²) in [5.74, 6) is 1.36. The van der Waals surface area contributed by atoms with Crippen LogP contribution in [0.4, 0.5) is 13.2 Å². The van der Waals surface area contributed by atoms with E-state index < -0.39 is 12.7 Å². The molecule has 2 aromatic heterocycles. The number of thioether (sulfide) groups is 1. The number of carbonyl (C=O) groups excluding carboxylic acids is 1. The lowest BCUT2D eigenvalue weighted by Crippen LogP contribution is -2.19. The number of aromatic nitrogens is 4. The molecule has 0 aliphatic heterocycles. The van der Waals surface area contributed by atoms with Crippen molar-refractivity contribution in [3.8, 4) is 0 Å². The Labute approximate surface area is 160 Å². The number of nitrogens with zero attached hydrogens (tertiary/aromatic N) is 3. The van der Waals surface area contributed by atoms with E-state index in [0.717, 1.165) is 16.8 Å². The molecule has 0 radical (unpaired) electrons. The molecule has 9 heteroatoms. The molecule has 0 amide bonds. The zero-order valence-electron chi connectivity index (χ0n) is 15.4. The van der Waals surface area contributed by atoms with Gasteiger partial charge in [-0.2, -0.15) is 13.2 Å². The lowest BCUT2D eigenvalue weighted by molar-refractivity contribution is -0.141. The number of ketones is 1. The van der Waals surface area contributed by atoms with Crippen molar-refractivity contribution < 1.29 is 18.0 Å². The normalized spacial score (nSPS) is 15.6. The van der Waals surface area contributed by atoms with E-state index in [0.29, 0.717) is 28.0 Å². The highest BCUT2D eigenvalue weighted by Crippen LogP contribution is 2.28. The molecule has 1 saturated carbocycles. The topological polar surface area (TPSA) is 63.6 Å². The van der Waals surface area contributed by atoms with Crippen LogP contribution >= 0.6 is 11.8 Å². The lowest BCUT2D eigenvalue weighted by Gasteiger charge is -2.12. The first-order valence-corrected chi connectivity index (χ1v) is 10.0.